The quantitative estimate of drug-likeness (QED) is 0.908. The van der Waals surface area contributed by atoms with Gasteiger partial charge in [-0.15, -0.1) is 0 Å². The Morgan fingerprint density at radius 2 is 1.74 bits per heavy atom. The van der Waals surface area contributed by atoms with Gasteiger partial charge in [0.25, 0.3) is 0 Å². The van der Waals surface area contributed by atoms with Crippen LogP contribution in [0.3, 0.4) is 0 Å². The SMILES string of the molecule is O=C(O)c1cccc(CN2CCN(c3ccccc3O)CC2)c1. The Morgan fingerprint density at radius 3 is 2.43 bits per heavy atom. The van der Waals surface area contributed by atoms with E-state index in [2.05, 4.69) is 9.80 Å². The number of rotatable bonds is 4. The van der Waals surface area contributed by atoms with E-state index in [-0.39, 0.29) is 0 Å². The number of hydrogen-bond donors (Lipinski definition) is 2. The number of anilines is 1. The van der Waals surface area contributed by atoms with Crippen molar-refractivity contribution in [3.63, 3.8) is 0 Å². The van der Waals surface area contributed by atoms with Crippen LogP contribution in [0.4, 0.5) is 5.69 Å². The molecule has 23 heavy (non-hydrogen) atoms. The Balaban J connectivity index is 1.60. The van der Waals surface area contributed by atoms with E-state index in [4.69, 9.17) is 5.11 Å². The van der Waals surface area contributed by atoms with Gasteiger partial charge in [-0.05, 0) is 29.8 Å². The van der Waals surface area contributed by atoms with Crippen LogP contribution >= 0.6 is 0 Å². The molecule has 1 aliphatic heterocycles. The fourth-order valence-electron chi connectivity index (χ4n) is 2.94. The number of piperazine rings is 1. The summed E-state index contributed by atoms with van der Waals surface area (Å²) in [4.78, 5) is 15.5. The second kappa shape index (κ2) is 6.71. The van der Waals surface area contributed by atoms with Crippen LogP contribution in [0, 0.1) is 0 Å². The van der Waals surface area contributed by atoms with E-state index >= 15 is 0 Å². The van der Waals surface area contributed by atoms with Gasteiger partial charge in [0.05, 0.1) is 11.3 Å². The number of phenols is 1. The van der Waals surface area contributed by atoms with E-state index in [9.17, 15) is 9.90 Å². The molecule has 2 aromatic rings. The lowest BCUT2D eigenvalue weighted by Crippen LogP contribution is -2.46. The summed E-state index contributed by atoms with van der Waals surface area (Å²) >= 11 is 0. The molecule has 1 fully saturated rings. The van der Waals surface area contributed by atoms with Gasteiger partial charge in [-0.25, -0.2) is 4.79 Å². The van der Waals surface area contributed by atoms with Gasteiger partial charge in [-0.2, -0.15) is 0 Å². The van der Waals surface area contributed by atoms with Gasteiger partial charge in [-0.3, -0.25) is 4.90 Å². The molecule has 0 aromatic heterocycles. The number of aromatic hydroxyl groups is 1. The highest BCUT2D eigenvalue weighted by atomic mass is 16.4. The van der Waals surface area contributed by atoms with E-state index in [1.54, 1.807) is 24.3 Å². The van der Waals surface area contributed by atoms with Crippen LogP contribution in [0.25, 0.3) is 0 Å². The summed E-state index contributed by atoms with van der Waals surface area (Å²) in [5.41, 5.74) is 2.22. The van der Waals surface area contributed by atoms with Crippen molar-refractivity contribution >= 4 is 11.7 Å². The number of carboxylic acids is 1. The number of carboxylic acid groups (broad SMARTS) is 1. The normalized spacial score (nSPS) is 15.6. The maximum atomic E-state index is 11.0. The second-order valence-corrected chi connectivity index (χ2v) is 5.76. The standard InChI is InChI=1S/C18H20N2O3/c21-17-7-2-1-6-16(17)20-10-8-19(9-11-20)13-14-4-3-5-15(12-14)18(22)23/h1-7,12,21H,8-11,13H2,(H,22,23). The molecule has 1 heterocycles. The zero-order valence-electron chi connectivity index (χ0n) is 12.9. The average molecular weight is 312 g/mol. The highest BCUT2D eigenvalue weighted by Gasteiger charge is 2.19. The molecule has 120 valence electrons. The predicted molar refractivity (Wildman–Crippen MR) is 89.0 cm³/mol. The number of nitrogens with zero attached hydrogens (tertiary/aromatic N) is 2. The molecule has 5 nitrogen and oxygen atoms in total. The summed E-state index contributed by atoms with van der Waals surface area (Å²) in [6.07, 6.45) is 0. The number of benzene rings is 2. The number of phenolic OH excluding ortho intramolecular Hbond substituents is 1. The molecule has 1 aliphatic rings. The predicted octanol–water partition coefficient (Wildman–Crippen LogP) is 2.41. The van der Waals surface area contributed by atoms with Crippen molar-refractivity contribution in [1.82, 2.24) is 4.90 Å². The molecule has 5 heteroatoms. The monoisotopic (exact) mass is 312 g/mol. The molecule has 2 N–H and O–H groups in total. The first-order valence-electron chi connectivity index (χ1n) is 7.71. The summed E-state index contributed by atoms with van der Waals surface area (Å²) in [5, 5.41) is 19.0. The molecule has 0 unspecified atom stereocenters. The molecule has 0 spiro atoms. The van der Waals surface area contributed by atoms with Gasteiger partial charge < -0.3 is 15.1 Å². The Labute approximate surface area is 135 Å². The van der Waals surface area contributed by atoms with Crippen LogP contribution < -0.4 is 4.90 Å². The minimum Gasteiger partial charge on any atom is -0.506 e. The smallest absolute Gasteiger partial charge is 0.335 e. The van der Waals surface area contributed by atoms with Crippen molar-refractivity contribution in [1.29, 1.82) is 0 Å². The molecule has 0 amide bonds. The van der Waals surface area contributed by atoms with Crippen molar-refractivity contribution in [2.24, 2.45) is 0 Å². The van der Waals surface area contributed by atoms with Gasteiger partial charge in [0.1, 0.15) is 5.75 Å². The minimum absolute atomic E-state index is 0.315. The summed E-state index contributed by atoms with van der Waals surface area (Å²) in [6.45, 7) is 4.19. The van der Waals surface area contributed by atoms with E-state index in [1.807, 2.05) is 24.3 Å². The molecular formula is C18H20N2O3. The number of para-hydroxylation sites is 2. The van der Waals surface area contributed by atoms with E-state index < -0.39 is 5.97 Å². The second-order valence-electron chi connectivity index (χ2n) is 5.76. The zero-order valence-corrected chi connectivity index (χ0v) is 12.9. The van der Waals surface area contributed by atoms with Crippen LogP contribution in [0.5, 0.6) is 5.75 Å². The first-order chi connectivity index (χ1) is 11.1. The first-order valence-corrected chi connectivity index (χ1v) is 7.71. The van der Waals surface area contributed by atoms with Crippen LogP contribution in [-0.2, 0) is 6.54 Å². The number of aromatic carboxylic acids is 1. The van der Waals surface area contributed by atoms with Crippen LogP contribution in [0.2, 0.25) is 0 Å². The molecule has 0 saturated carbocycles. The highest BCUT2D eigenvalue weighted by molar-refractivity contribution is 5.87. The summed E-state index contributed by atoms with van der Waals surface area (Å²) in [5.74, 6) is -0.577. The van der Waals surface area contributed by atoms with Crippen LogP contribution in [-0.4, -0.2) is 47.3 Å². The van der Waals surface area contributed by atoms with Crippen molar-refractivity contribution in [3.8, 4) is 5.75 Å². The lowest BCUT2D eigenvalue weighted by molar-refractivity contribution is 0.0696. The van der Waals surface area contributed by atoms with Crippen LogP contribution in [0.15, 0.2) is 48.5 Å². The van der Waals surface area contributed by atoms with Gasteiger partial charge in [0.15, 0.2) is 0 Å². The molecule has 3 rings (SSSR count). The summed E-state index contributed by atoms with van der Waals surface area (Å²) in [6, 6.07) is 14.5. The van der Waals surface area contributed by atoms with E-state index in [0.29, 0.717) is 11.3 Å². The Bertz CT molecular complexity index is 694. The van der Waals surface area contributed by atoms with Crippen molar-refractivity contribution in [2.75, 3.05) is 31.1 Å². The zero-order chi connectivity index (χ0) is 16.2. The average Bonchev–Trinajstić information content (AvgIpc) is 2.56. The molecule has 0 aliphatic carbocycles. The lowest BCUT2D eigenvalue weighted by Gasteiger charge is -2.36. The van der Waals surface area contributed by atoms with Gasteiger partial charge >= 0.3 is 5.97 Å². The highest BCUT2D eigenvalue weighted by Crippen LogP contribution is 2.27. The maximum absolute atomic E-state index is 11.0. The molecule has 0 radical (unpaired) electrons. The fourth-order valence-corrected chi connectivity index (χ4v) is 2.94. The Kier molecular flexibility index (Phi) is 4.48. The fraction of sp³-hybridized carbons (Fsp3) is 0.278. The number of hydrogen-bond acceptors (Lipinski definition) is 4. The molecule has 0 bridgehead atoms. The number of carbonyl (C=O) groups is 1. The molecule has 0 atom stereocenters. The van der Waals surface area contributed by atoms with Gasteiger partial charge in [0.2, 0.25) is 0 Å². The minimum atomic E-state index is -0.892. The third kappa shape index (κ3) is 3.63. The third-order valence-electron chi connectivity index (χ3n) is 4.17. The first kappa shape index (κ1) is 15.4. The van der Waals surface area contributed by atoms with Crippen molar-refractivity contribution in [2.45, 2.75) is 6.54 Å². The molecule has 1 saturated heterocycles. The lowest BCUT2D eigenvalue weighted by atomic mass is 10.1. The van der Waals surface area contributed by atoms with Gasteiger partial charge in [0, 0.05) is 32.7 Å². The van der Waals surface area contributed by atoms with E-state index in [0.717, 1.165) is 44.0 Å². The molecular weight excluding hydrogens is 292 g/mol. The third-order valence-corrected chi connectivity index (χ3v) is 4.17. The van der Waals surface area contributed by atoms with E-state index in [1.165, 1.54) is 0 Å². The summed E-state index contributed by atoms with van der Waals surface area (Å²) in [7, 11) is 0. The van der Waals surface area contributed by atoms with Crippen molar-refractivity contribution < 1.29 is 15.0 Å². The Hall–Kier alpha value is -2.53. The van der Waals surface area contributed by atoms with Crippen LogP contribution in [0.1, 0.15) is 15.9 Å². The largest absolute Gasteiger partial charge is 0.506 e. The Morgan fingerprint density at radius 1 is 1.00 bits per heavy atom. The summed E-state index contributed by atoms with van der Waals surface area (Å²) < 4.78 is 0. The van der Waals surface area contributed by atoms with Crippen molar-refractivity contribution in [3.05, 3.63) is 59.7 Å². The van der Waals surface area contributed by atoms with Gasteiger partial charge in [-0.1, -0.05) is 24.3 Å². The topological polar surface area (TPSA) is 64.0 Å². The maximum Gasteiger partial charge on any atom is 0.335 e. The molecule has 2 aromatic carbocycles.